The number of aliphatic hydroxyl groups is 1. The van der Waals surface area contributed by atoms with Crippen LogP contribution in [0.1, 0.15) is 20.8 Å². The highest BCUT2D eigenvalue weighted by molar-refractivity contribution is 5.89. The van der Waals surface area contributed by atoms with E-state index >= 15 is 0 Å². The van der Waals surface area contributed by atoms with Gasteiger partial charge in [-0.3, -0.25) is 9.59 Å². The first-order chi connectivity index (χ1) is 6.88. The summed E-state index contributed by atoms with van der Waals surface area (Å²) in [4.78, 5) is 22.5. The van der Waals surface area contributed by atoms with Crippen LogP contribution in [0.4, 0.5) is 0 Å². The van der Waals surface area contributed by atoms with E-state index in [9.17, 15) is 9.59 Å². The van der Waals surface area contributed by atoms with E-state index in [-0.39, 0.29) is 24.5 Å². The third-order valence-electron chi connectivity index (χ3n) is 1.83. The van der Waals surface area contributed by atoms with Crippen LogP contribution in [-0.4, -0.2) is 41.7 Å². The molecule has 0 aromatic rings. The average Bonchev–Trinajstić information content (AvgIpc) is 2.16. The lowest BCUT2D eigenvalue weighted by atomic mass is 10.2. The summed E-state index contributed by atoms with van der Waals surface area (Å²) in [7, 11) is 0. The Morgan fingerprint density at radius 1 is 1.20 bits per heavy atom. The number of hydrogen-bond donors (Lipinski definition) is 4. The second-order valence-electron chi connectivity index (χ2n) is 3.61. The van der Waals surface area contributed by atoms with Gasteiger partial charge in [-0.15, -0.1) is 0 Å². The average molecular weight is 217 g/mol. The molecule has 0 aromatic carbocycles. The fraction of sp³-hybridized carbons (Fsp3) is 0.778. The van der Waals surface area contributed by atoms with E-state index in [4.69, 9.17) is 10.8 Å². The van der Waals surface area contributed by atoms with Crippen molar-refractivity contribution in [2.45, 2.75) is 38.9 Å². The molecule has 3 unspecified atom stereocenters. The molecule has 0 aromatic heterocycles. The summed E-state index contributed by atoms with van der Waals surface area (Å²) in [5.74, 6) is -0.722. The van der Waals surface area contributed by atoms with Crippen LogP contribution >= 0.6 is 0 Å². The topological polar surface area (TPSA) is 104 Å². The standard InChI is InChI=1S/C9H19N3O3/c1-5(4-13)11-9(15)7(3)12-8(14)6(2)10/h5-7,13H,4,10H2,1-3H3,(H,11,15)(H,12,14). The Labute approximate surface area is 89.2 Å². The summed E-state index contributed by atoms with van der Waals surface area (Å²) >= 11 is 0. The number of carbonyl (C=O) groups excluding carboxylic acids is 2. The predicted molar refractivity (Wildman–Crippen MR) is 55.9 cm³/mol. The molecule has 0 fully saturated rings. The molecular weight excluding hydrogens is 198 g/mol. The van der Waals surface area contributed by atoms with Gasteiger partial charge in [0.2, 0.25) is 11.8 Å². The third-order valence-corrected chi connectivity index (χ3v) is 1.83. The Balaban J connectivity index is 4.04. The summed E-state index contributed by atoms with van der Waals surface area (Å²) < 4.78 is 0. The van der Waals surface area contributed by atoms with Gasteiger partial charge in [0.1, 0.15) is 6.04 Å². The van der Waals surface area contributed by atoms with Gasteiger partial charge in [-0.1, -0.05) is 0 Å². The van der Waals surface area contributed by atoms with Crippen LogP contribution in [0.3, 0.4) is 0 Å². The fourth-order valence-electron chi connectivity index (χ4n) is 0.824. The van der Waals surface area contributed by atoms with Gasteiger partial charge in [0.05, 0.1) is 12.6 Å². The summed E-state index contributed by atoms with van der Waals surface area (Å²) in [6, 6.07) is -1.62. The summed E-state index contributed by atoms with van der Waals surface area (Å²) in [6.07, 6.45) is 0. The molecule has 0 radical (unpaired) electrons. The Morgan fingerprint density at radius 3 is 2.13 bits per heavy atom. The van der Waals surface area contributed by atoms with Crippen LogP contribution in [0, 0.1) is 0 Å². The van der Waals surface area contributed by atoms with Crippen molar-refractivity contribution in [2.24, 2.45) is 5.73 Å². The molecule has 6 heteroatoms. The Morgan fingerprint density at radius 2 is 1.73 bits per heavy atom. The molecule has 6 nitrogen and oxygen atoms in total. The monoisotopic (exact) mass is 217 g/mol. The Hall–Kier alpha value is -1.14. The number of carbonyl (C=O) groups is 2. The lowest BCUT2D eigenvalue weighted by molar-refractivity contribution is -0.129. The molecule has 0 aliphatic rings. The Bertz CT molecular complexity index is 231. The quantitative estimate of drug-likeness (QED) is 0.442. The van der Waals surface area contributed by atoms with E-state index in [1.54, 1.807) is 13.8 Å². The minimum Gasteiger partial charge on any atom is -0.394 e. The molecule has 0 saturated carbocycles. The predicted octanol–water partition coefficient (Wildman–Crippen LogP) is -1.66. The zero-order valence-electron chi connectivity index (χ0n) is 9.28. The molecule has 0 rings (SSSR count). The number of nitrogens with one attached hydrogen (secondary N) is 2. The van der Waals surface area contributed by atoms with Gasteiger partial charge in [0.25, 0.3) is 0 Å². The van der Waals surface area contributed by atoms with Crippen molar-refractivity contribution < 1.29 is 14.7 Å². The first-order valence-electron chi connectivity index (χ1n) is 4.85. The first-order valence-corrected chi connectivity index (χ1v) is 4.85. The number of nitrogens with two attached hydrogens (primary N) is 1. The van der Waals surface area contributed by atoms with E-state index in [1.165, 1.54) is 6.92 Å². The van der Waals surface area contributed by atoms with Gasteiger partial charge in [-0.05, 0) is 20.8 Å². The van der Waals surface area contributed by atoms with Gasteiger partial charge >= 0.3 is 0 Å². The van der Waals surface area contributed by atoms with Gasteiger partial charge in [-0.2, -0.15) is 0 Å². The molecule has 0 aliphatic heterocycles. The van der Waals surface area contributed by atoms with E-state index in [2.05, 4.69) is 10.6 Å². The van der Waals surface area contributed by atoms with Crippen molar-refractivity contribution >= 4 is 11.8 Å². The normalized spacial score (nSPS) is 16.3. The van der Waals surface area contributed by atoms with Gasteiger partial charge in [-0.25, -0.2) is 0 Å². The van der Waals surface area contributed by atoms with Gasteiger partial charge in [0, 0.05) is 6.04 Å². The lowest BCUT2D eigenvalue weighted by Gasteiger charge is -2.17. The van der Waals surface area contributed by atoms with Crippen molar-refractivity contribution in [1.82, 2.24) is 10.6 Å². The second-order valence-corrected chi connectivity index (χ2v) is 3.61. The van der Waals surface area contributed by atoms with Crippen LogP contribution in [0.15, 0.2) is 0 Å². The van der Waals surface area contributed by atoms with Crippen LogP contribution in [0.5, 0.6) is 0 Å². The largest absolute Gasteiger partial charge is 0.394 e. The number of hydrogen-bond acceptors (Lipinski definition) is 4. The van der Waals surface area contributed by atoms with Crippen molar-refractivity contribution in [3.05, 3.63) is 0 Å². The maximum absolute atomic E-state index is 11.4. The molecule has 0 spiro atoms. The summed E-state index contributed by atoms with van der Waals surface area (Å²) in [5.41, 5.74) is 5.33. The zero-order chi connectivity index (χ0) is 12.0. The van der Waals surface area contributed by atoms with Crippen molar-refractivity contribution in [2.75, 3.05) is 6.61 Å². The van der Waals surface area contributed by atoms with E-state index in [0.717, 1.165) is 0 Å². The molecule has 0 aliphatic carbocycles. The van der Waals surface area contributed by atoms with E-state index in [1.807, 2.05) is 0 Å². The molecule has 3 atom stereocenters. The molecular formula is C9H19N3O3. The van der Waals surface area contributed by atoms with E-state index in [0.29, 0.717) is 0 Å². The minimum absolute atomic E-state index is 0.139. The maximum atomic E-state index is 11.4. The van der Waals surface area contributed by atoms with Crippen LogP contribution in [0.25, 0.3) is 0 Å². The minimum atomic E-state index is -0.655. The lowest BCUT2D eigenvalue weighted by Crippen LogP contribution is -2.51. The van der Waals surface area contributed by atoms with Gasteiger partial charge < -0.3 is 21.5 Å². The molecule has 88 valence electrons. The molecule has 2 amide bonds. The SMILES string of the molecule is CC(CO)NC(=O)C(C)NC(=O)C(C)N. The number of amides is 2. The number of rotatable bonds is 5. The molecule has 0 bridgehead atoms. The summed E-state index contributed by atoms with van der Waals surface area (Å²) in [6.45, 7) is 4.62. The number of aliphatic hydroxyl groups excluding tert-OH is 1. The highest BCUT2D eigenvalue weighted by atomic mass is 16.3. The van der Waals surface area contributed by atoms with Crippen LogP contribution < -0.4 is 16.4 Å². The van der Waals surface area contributed by atoms with Crippen molar-refractivity contribution in [1.29, 1.82) is 0 Å². The molecule has 0 heterocycles. The molecule has 15 heavy (non-hydrogen) atoms. The van der Waals surface area contributed by atoms with Crippen molar-refractivity contribution in [3.8, 4) is 0 Å². The van der Waals surface area contributed by atoms with Crippen LogP contribution in [-0.2, 0) is 9.59 Å². The first kappa shape index (κ1) is 13.9. The summed E-state index contributed by atoms with van der Waals surface area (Å²) in [5, 5.41) is 13.7. The zero-order valence-corrected chi connectivity index (χ0v) is 9.28. The van der Waals surface area contributed by atoms with Gasteiger partial charge in [0.15, 0.2) is 0 Å². The third kappa shape index (κ3) is 5.34. The highest BCUT2D eigenvalue weighted by Gasteiger charge is 2.18. The molecule has 5 N–H and O–H groups in total. The maximum Gasteiger partial charge on any atom is 0.242 e. The molecule has 0 saturated heterocycles. The van der Waals surface area contributed by atoms with Crippen molar-refractivity contribution in [3.63, 3.8) is 0 Å². The van der Waals surface area contributed by atoms with Crippen LogP contribution in [0.2, 0.25) is 0 Å². The van der Waals surface area contributed by atoms with E-state index < -0.39 is 12.1 Å². The smallest absolute Gasteiger partial charge is 0.242 e. The Kier molecular flexibility index (Phi) is 5.88. The fourth-order valence-corrected chi connectivity index (χ4v) is 0.824. The highest BCUT2D eigenvalue weighted by Crippen LogP contribution is 1.87. The second kappa shape index (κ2) is 6.36.